The van der Waals surface area contributed by atoms with E-state index in [0.717, 1.165) is 22.2 Å². The first-order chi connectivity index (χ1) is 11.2. The van der Waals surface area contributed by atoms with E-state index in [0.29, 0.717) is 30.3 Å². The first-order valence-corrected chi connectivity index (χ1v) is 7.13. The smallest absolute Gasteiger partial charge is 0.237 e. The lowest BCUT2D eigenvalue weighted by Crippen LogP contribution is -2.07. The zero-order valence-corrected chi connectivity index (χ0v) is 12.7. The van der Waals surface area contributed by atoms with Crippen LogP contribution in [0.1, 0.15) is 5.56 Å². The number of aromatic amines is 1. The van der Waals surface area contributed by atoms with Crippen molar-refractivity contribution in [2.45, 2.75) is 0 Å². The van der Waals surface area contributed by atoms with Gasteiger partial charge in [0.05, 0.1) is 29.1 Å². The molecule has 0 amide bonds. The number of para-hydroxylation sites is 1. The monoisotopic (exact) mass is 308 g/mol. The van der Waals surface area contributed by atoms with Crippen LogP contribution in [0, 0.1) is 11.3 Å². The van der Waals surface area contributed by atoms with Gasteiger partial charge in [-0.2, -0.15) is 5.26 Å². The Balaban J connectivity index is 2.02. The number of rotatable bonds is 5. The normalized spacial score (nSPS) is 10.6. The van der Waals surface area contributed by atoms with Gasteiger partial charge in [-0.15, -0.1) is 0 Å². The van der Waals surface area contributed by atoms with Crippen LogP contribution < -0.4 is 10.5 Å². The molecular formula is C17H16N4O2. The maximum absolute atomic E-state index is 9.18. The number of fused-ring (bicyclic) bond motifs is 1. The van der Waals surface area contributed by atoms with Crippen molar-refractivity contribution >= 4 is 16.6 Å². The molecular weight excluding hydrogens is 292 g/mol. The van der Waals surface area contributed by atoms with Gasteiger partial charge in [0.15, 0.2) is 0 Å². The van der Waals surface area contributed by atoms with Crippen LogP contribution in [0.15, 0.2) is 36.5 Å². The van der Waals surface area contributed by atoms with E-state index in [-0.39, 0.29) is 0 Å². The van der Waals surface area contributed by atoms with Gasteiger partial charge < -0.3 is 20.2 Å². The van der Waals surface area contributed by atoms with Gasteiger partial charge in [0.1, 0.15) is 12.7 Å². The van der Waals surface area contributed by atoms with Gasteiger partial charge in [-0.25, -0.2) is 4.98 Å². The molecule has 3 N–H and O–H groups in total. The van der Waals surface area contributed by atoms with Gasteiger partial charge in [0.2, 0.25) is 5.88 Å². The van der Waals surface area contributed by atoms with Gasteiger partial charge in [0, 0.05) is 24.3 Å². The summed E-state index contributed by atoms with van der Waals surface area (Å²) in [5, 5.41) is 10.1. The van der Waals surface area contributed by atoms with Crippen LogP contribution in [0.5, 0.6) is 5.88 Å². The minimum Gasteiger partial charge on any atom is -0.474 e. The molecule has 0 unspecified atom stereocenters. The van der Waals surface area contributed by atoms with Crippen LogP contribution >= 0.6 is 0 Å². The molecule has 0 aliphatic heterocycles. The first kappa shape index (κ1) is 14.9. The van der Waals surface area contributed by atoms with Crippen molar-refractivity contribution in [2.24, 2.45) is 0 Å². The molecule has 2 aromatic heterocycles. The molecule has 0 saturated carbocycles. The van der Waals surface area contributed by atoms with Gasteiger partial charge in [-0.1, -0.05) is 12.1 Å². The Morgan fingerprint density at radius 2 is 2.13 bits per heavy atom. The third-order valence-corrected chi connectivity index (χ3v) is 3.53. The second-order valence-corrected chi connectivity index (χ2v) is 4.97. The lowest BCUT2D eigenvalue weighted by Gasteiger charge is -2.09. The number of nitriles is 1. The fourth-order valence-corrected chi connectivity index (χ4v) is 2.40. The van der Waals surface area contributed by atoms with Crippen molar-refractivity contribution in [1.29, 1.82) is 5.26 Å². The highest BCUT2D eigenvalue weighted by Crippen LogP contribution is 2.31. The third kappa shape index (κ3) is 2.82. The Kier molecular flexibility index (Phi) is 4.13. The summed E-state index contributed by atoms with van der Waals surface area (Å²) in [6, 6.07) is 11.4. The molecule has 3 aromatic rings. The van der Waals surface area contributed by atoms with Crippen LogP contribution in [0.3, 0.4) is 0 Å². The molecule has 6 heteroatoms. The molecule has 0 aliphatic rings. The second kappa shape index (κ2) is 6.38. The second-order valence-electron chi connectivity index (χ2n) is 4.97. The standard InChI is InChI=1S/C17H16N4O2/c1-22-7-8-23-17-14(19)5-6-15(21-17)13-10-20-16-11(9-18)3-2-4-12(13)16/h2-6,10,20H,7-8,19H2,1H3. The summed E-state index contributed by atoms with van der Waals surface area (Å²) in [7, 11) is 1.61. The first-order valence-electron chi connectivity index (χ1n) is 7.13. The number of nitrogens with one attached hydrogen (secondary N) is 1. The highest BCUT2D eigenvalue weighted by Gasteiger charge is 2.12. The van der Waals surface area contributed by atoms with Gasteiger partial charge in [0.25, 0.3) is 0 Å². The fourth-order valence-electron chi connectivity index (χ4n) is 2.40. The number of ether oxygens (including phenoxy) is 2. The van der Waals surface area contributed by atoms with E-state index in [1.54, 1.807) is 19.2 Å². The summed E-state index contributed by atoms with van der Waals surface area (Å²) in [4.78, 5) is 7.62. The Bertz CT molecular complexity index is 880. The summed E-state index contributed by atoms with van der Waals surface area (Å²) >= 11 is 0. The molecule has 0 aliphatic carbocycles. The summed E-state index contributed by atoms with van der Waals surface area (Å²) in [6.45, 7) is 0.841. The lowest BCUT2D eigenvalue weighted by atomic mass is 10.1. The predicted molar refractivity (Wildman–Crippen MR) is 88.0 cm³/mol. The molecule has 1 aromatic carbocycles. The molecule has 0 saturated heterocycles. The van der Waals surface area contributed by atoms with Gasteiger partial charge >= 0.3 is 0 Å². The minimum absolute atomic E-state index is 0.379. The number of anilines is 1. The minimum atomic E-state index is 0.379. The number of aromatic nitrogens is 2. The van der Waals surface area contributed by atoms with E-state index in [4.69, 9.17) is 15.2 Å². The molecule has 0 spiro atoms. The number of nitrogens with zero attached hydrogens (tertiary/aromatic N) is 2. The van der Waals surface area contributed by atoms with E-state index in [1.807, 2.05) is 24.4 Å². The topological polar surface area (TPSA) is 97.0 Å². The van der Waals surface area contributed by atoms with Crippen molar-refractivity contribution in [3.05, 3.63) is 42.1 Å². The summed E-state index contributed by atoms with van der Waals surface area (Å²) in [6.07, 6.45) is 1.84. The summed E-state index contributed by atoms with van der Waals surface area (Å²) < 4.78 is 10.5. The number of nitrogens with two attached hydrogens (primary N) is 1. The van der Waals surface area contributed by atoms with Crippen LogP contribution in [-0.4, -0.2) is 30.3 Å². The quantitative estimate of drug-likeness (QED) is 0.706. The van der Waals surface area contributed by atoms with Crippen LogP contribution in [0.25, 0.3) is 22.2 Å². The van der Waals surface area contributed by atoms with Gasteiger partial charge in [-0.05, 0) is 18.2 Å². The number of methoxy groups -OCH3 is 1. The average Bonchev–Trinajstić information content (AvgIpc) is 3.01. The number of H-pyrrole nitrogens is 1. The molecule has 23 heavy (non-hydrogen) atoms. The van der Waals surface area contributed by atoms with E-state index < -0.39 is 0 Å². The Morgan fingerprint density at radius 1 is 1.26 bits per heavy atom. The summed E-state index contributed by atoms with van der Waals surface area (Å²) in [5.74, 6) is 0.380. The zero-order chi connectivity index (χ0) is 16.2. The molecule has 2 heterocycles. The van der Waals surface area contributed by atoms with Crippen molar-refractivity contribution in [2.75, 3.05) is 26.1 Å². The zero-order valence-electron chi connectivity index (χ0n) is 12.7. The van der Waals surface area contributed by atoms with Crippen molar-refractivity contribution in [3.63, 3.8) is 0 Å². The number of nitrogen functional groups attached to an aromatic ring is 1. The lowest BCUT2D eigenvalue weighted by molar-refractivity contribution is 0.144. The molecule has 3 rings (SSSR count). The maximum Gasteiger partial charge on any atom is 0.237 e. The van der Waals surface area contributed by atoms with Crippen LogP contribution in [0.4, 0.5) is 5.69 Å². The van der Waals surface area contributed by atoms with Crippen LogP contribution in [-0.2, 0) is 4.74 Å². The highest BCUT2D eigenvalue weighted by molar-refractivity contribution is 5.97. The molecule has 0 atom stereocenters. The molecule has 116 valence electrons. The number of benzene rings is 1. The Hall–Kier alpha value is -3.04. The van der Waals surface area contributed by atoms with Crippen molar-refractivity contribution < 1.29 is 9.47 Å². The van der Waals surface area contributed by atoms with E-state index in [2.05, 4.69) is 16.0 Å². The molecule has 0 fully saturated rings. The predicted octanol–water partition coefficient (Wildman–Crippen LogP) is 2.71. The summed E-state index contributed by atoms with van der Waals surface area (Å²) in [5.41, 5.74) is 9.40. The maximum atomic E-state index is 9.18. The Morgan fingerprint density at radius 3 is 2.91 bits per heavy atom. The molecule has 0 radical (unpaired) electrons. The van der Waals surface area contributed by atoms with Crippen molar-refractivity contribution in [3.8, 4) is 23.2 Å². The highest BCUT2D eigenvalue weighted by atomic mass is 16.5. The van der Waals surface area contributed by atoms with Gasteiger partial charge in [-0.3, -0.25) is 0 Å². The Labute approximate surface area is 133 Å². The van der Waals surface area contributed by atoms with Crippen LogP contribution in [0.2, 0.25) is 0 Å². The molecule has 6 nitrogen and oxygen atoms in total. The van der Waals surface area contributed by atoms with E-state index >= 15 is 0 Å². The number of pyridine rings is 1. The SMILES string of the molecule is COCCOc1nc(-c2c[nH]c3c(C#N)cccc23)ccc1N. The average molecular weight is 308 g/mol. The fraction of sp³-hybridized carbons (Fsp3) is 0.176. The van der Waals surface area contributed by atoms with Crippen molar-refractivity contribution in [1.82, 2.24) is 9.97 Å². The third-order valence-electron chi connectivity index (χ3n) is 3.53. The number of hydrogen-bond acceptors (Lipinski definition) is 5. The number of hydrogen-bond donors (Lipinski definition) is 2. The van der Waals surface area contributed by atoms with E-state index in [9.17, 15) is 5.26 Å². The molecule has 0 bridgehead atoms. The van der Waals surface area contributed by atoms with E-state index in [1.165, 1.54) is 0 Å². The largest absolute Gasteiger partial charge is 0.474 e.